The maximum absolute atomic E-state index is 13.3. The third kappa shape index (κ3) is 4.02. The van der Waals surface area contributed by atoms with Crippen LogP contribution >= 0.6 is 0 Å². The van der Waals surface area contributed by atoms with E-state index >= 15 is 0 Å². The second kappa shape index (κ2) is 8.31. The SMILES string of the molecule is Cc1cnc2c(C(=O)Nc3cc4c(cc3N3CCC(CO)CC3)OC(C)(CO)C4)cnn2c1. The van der Waals surface area contributed by atoms with Crippen molar-refractivity contribution in [2.24, 2.45) is 5.92 Å². The molecule has 0 aliphatic carbocycles. The van der Waals surface area contributed by atoms with Gasteiger partial charge < -0.3 is 25.2 Å². The molecule has 1 saturated heterocycles. The number of ether oxygens (including phenoxy) is 1. The lowest BCUT2D eigenvalue weighted by molar-refractivity contribution is 0.0447. The molecule has 2 aliphatic heterocycles. The summed E-state index contributed by atoms with van der Waals surface area (Å²) < 4.78 is 7.67. The number of carbonyl (C=O) groups excluding carboxylic acids is 1. The van der Waals surface area contributed by atoms with Gasteiger partial charge in [-0.25, -0.2) is 9.50 Å². The lowest BCUT2D eigenvalue weighted by Gasteiger charge is -2.34. The second-order valence-electron chi connectivity index (χ2n) is 9.39. The Morgan fingerprint density at radius 1 is 1.27 bits per heavy atom. The van der Waals surface area contributed by atoms with Gasteiger partial charge in [0.15, 0.2) is 5.65 Å². The first-order chi connectivity index (χ1) is 15.9. The molecule has 3 N–H and O–H groups in total. The molecule has 1 atom stereocenters. The Bertz CT molecular complexity index is 1200. The predicted octanol–water partition coefficient (Wildman–Crippen LogP) is 2.18. The van der Waals surface area contributed by atoms with E-state index in [1.165, 1.54) is 6.20 Å². The molecule has 0 radical (unpaired) electrons. The van der Waals surface area contributed by atoms with Crippen LogP contribution in [0, 0.1) is 12.8 Å². The molecule has 174 valence electrons. The van der Waals surface area contributed by atoms with Crippen LogP contribution in [-0.2, 0) is 6.42 Å². The van der Waals surface area contributed by atoms with Crippen molar-refractivity contribution in [1.82, 2.24) is 14.6 Å². The number of nitrogens with zero attached hydrogens (tertiary/aromatic N) is 4. The van der Waals surface area contributed by atoms with E-state index in [0.29, 0.717) is 29.2 Å². The van der Waals surface area contributed by atoms with Gasteiger partial charge in [-0.3, -0.25) is 4.79 Å². The fourth-order valence-corrected chi connectivity index (χ4v) is 4.68. The zero-order valence-electron chi connectivity index (χ0n) is 18.9. The van der Waals surface area contributed by atoms with E-state index in [9.17, 15) is 15.0 Å². The van der Waals surface area contributed by atoms with Crippen LogP contribution < -0.4 is 15.0 Å². The van der Waals surface area contributed by atoms with Gasteiger partial charge in [-0.2, -0.15) is 5.10 Å². The number of rotatable bonds is 5. The van der Waals surface area contributed by atoms with Crippen molar-refractivity contribution in [3.05, 3.63) is 47.4 Å². The number of benzene rings is 1. The summed E-state index contributed by atoms with van der Waals surface area (Å²) >= 11 is 0. The number of hydrogen-bond acceptors (Lipinski definition) is 7. The first-order valence-electron chi connectivity index (χ1n) is 11.3. The van der Waals surface area contributed by atoms with E-state index in [1.54, 1.807) is 10.7 Å². The van der Waals surface area contributed by atoms with Crippen LogP contribution in [0.3, 0.4) is 0 Å². The van der Waals surface area contributed by atoms with Gasteiger partial charge in [-0.1, -0.05) is 0 Å². The van der Waals surface area contributed by atoms with Crippen LogP contribution in [0.25, 0.3) is 5.65 Å². The van der Waals surface area contributed by atoms with Crippen molar-refractivity contribution in [2.75, 3.05) is 36.5 Å². The quantitative estimate of drug-likeness (QED) is 0.545. The van der Waals surface area contributed by atoms with Crippen LogP contribution in [-0.4, -0.2) is 62.6 Å². The minimum absolute atomic E-state index is 0.0892. The maximum Gasteiger partial charge on any atom is 0.261 e. The van der Waals surface area contributed by atoms with Crippen molar-refractivity contribution in [1.29, 1.82) is 0 Å². The first-order valence-corrected chi connectivity index (χ1v) is 11.3. The molecule has 1 fully saturated rings. The first kappa shape index (κ1) is 21.7. The van der Waals surface area contributed by atoms with E-state index in [2.05, 4.69) is 20.3 Å². The molecule has 33 heavy (non-hydrogen) atoms. The third-order valence-corrected chi connectivity index (χ3v) is 6.63. The Balaban J connectivity index is 1.49. The number of aliphatic hydroxyl groups is 2. The zero-order valence-corrected chi connectivity index (χ0v) is 18.9. The Morgan fingerprint density at radius 3 is 2.79 bits per heavy atom. The largest absolute Gasteiger partial charge is 0.484 e. The topological polar surface area (TPSA) is 112 Å². The number of amides is 1. The lowest BCUT2D eigenvalue weighted by atomic mass is 9.96. The molecule has 2 aromatic heterocycles. The summed E-state index contributed by atoms with van der Waals surface area (Å²) in [6.07, 6.45) is 7.40. The minimum atomic E-state index is -0.670. The summed E-state index contributed by atoms with van der Waals surface area (Å²) in [4.78, 5) is 19.9. The number of piperidine rings is 1. The summed E-state index contributed by atoms with van der Waals surface area (Å²) in [5.74, 6) is 0.754. The van der Waals surface area contributed by atoms with E-state index in [4.69, 9.17) is 4.74 Å². The van der Waals surface area contributed by atoms with E-state index in [-0.39, 0.29) is 19.1 Å². The summed E-state index contributed by atoms with van der Waals surface area (Å²) in [6, 6.07) is 3.91. The Morgan fingerprint density at radius 2 is 2.06 bits per heavy atom. The molecular formula is C24H29N5O4. The number of hydrogen-bond donors (Lipinski definition) is 3. The zero-order chi connectivity index (χ0) is 23.2. The summed E-state index contributed by atoms with van der Waals surface area (Å²) in [7, 11) is 0. The highest BCUT2D eigenvalue weighted by Gasteiger charge is 2.36. The molecule has 3 aromatic rings. The van der Waals surface area contributed by atoms with Gasteiger partial charge in [0.05, 0.1) is 24.2 Å². The van der Waals surface area contributed by atoms with Crippen molar-refractivity contribution < 1.29 is 19.7 Å². The Labute approximate surface area is 192 Å². The normalized spacial score (nSPS) is 20.7. The Hall–Kier alpha value is -3.17. The van der Waals surface area contributed by atoms with Gasteiger partial charge in [0.2, 0.25) is 0 Å². The molecule has 9 heteroatoms. The third-order valence-electron chi connectivity index (χ3n) is 6.63. The molecule has 2 aliphatic rings. The average molecular weight is 452 g/mol. The number of aromatic nitrogens is 3. The highest BCUT2D eigenvalue weighted by molar-refractivity contribution is 6.09. The molecule has 0 spiro atoms. The van der Waals surface area contributed by atoms with Gasteiger partial charge in [0, 0.05) is 50.1 Å². The number of carbonyl (C=O) groups is 1. The number of fused-ring (bicyclic) bond motifs is 2. The van der Waals surface area contributed by atoms with Crippen LogP contribution in [0.4, 0.5) is 11.4 Å². The van der Waals surface area contributed by atoms with Crippen LogP contribution in [0.15, 0.2) is 30.7 Å². The van der Waals surface area contributed by atoms with Gasteiger partial charge in [0.1, 0.15) is 16.9 Å². The fraction of sp³-hybridized carbons (Fsp3) is 0.458. The Kier molecular flexibility index (Phi) is 5.46. The van der Waals surface area contributed by atoms with Gasteiger partial charge >= 0.3 is 0 Å². The monoisotopic (exact) mass is 451 g/mol. The molecule has 4 heterocycles. The van der Waals surface area contributed by atoms with Crippen molar-refractivity contribution in [3.8, 4) is 5.75 Å². The second-order valence-corrected chi connectivity index (χ2v) is 9.39. The maximum atomic E-state index is 13.3. The number of anilines is 2. The standard InChI is InChI=1S/C24H29N5O4/c1-15-10-25-22-18(11-26-29(22)12-15)23(32)27-19-7-17-9-24(2,14-31)33-21(17)8-20(19)28-5-3-16(13-30)4-6-28/h7-8,10-12,16,30-31H,3-6,9,13-14H2,1-2H3,(H,27,32). The van der Waals surface area contributed by atoms with Crippen LogP contribution in [0.2, 0.25) is 0 Å². The molecule has 0 saturated carbocycles. The molecule has 1 aromatic carbocycles. The smallest absolute Gasteiger partial charge is 0.261 e. The molecular weight excluding hydrogens is 422 g/mol. The fourth-order valence-electron chi connectivity index (χ4n) is 4.68. The van der Waals surface area contributed by atoms with Crippen molar-refractivity contribution >= 4 is 22.9 Å². The van der Waals surface area contributed by atoms with E-state index in [0.717, 1.165) is 48.5 Å². The van der Waals surface area contributed by atoms with Gasteiger partial charge in [-0.15, -0.1) is 0 Å². The number of aliphatic hydroxyl groups excluding tert-OH is 2. The minimum Gasteiger partial charge on any atom is -0.484 e. The molecule has 1 amide bonds. The average Bonchev–Trinajstić information content (AvgIpc) is 3.38. The van der Waals surface area contributed by atoms with Crippen molar-refractivity contribution in [2.45, 2.75) is 38.7 Å². The van der Waals surface area contributed by atoms with Crippen LogP contribution in [0.1, 0.15) is 41.3 Å². The number of nitrogens with one attached hydrogen (secondary N) is 1. The van der Waals surface area contributed by atoms with Crippen molar-refractivity contribution in [3.63, 3.8) is 0 Å². The van der Waals surface area contributed by atoms with Gasteiger partial charge in [-0.05, 0) is 44.2 Å². The highest BCUT2D eigenvalue weighted by Crippen LogP contribution is 2.42. The van der Waals surface area contributed by atoms with E-state index in [1.807, 2.05) is 32.2 Å². The lowest BCUT2D eigenvalue weighted by Crippen LogP contribution is -2.35. The molecule has 5 rings (SSSR count). The molecule has 0 bridgehead atoms. The van der Waals surface area contributed by atoms with E-state index < -0.39 is 5.60 Å². The number of aryl methyl sites for hydroxylation is 1. The van der Waals surface area contributed by atoms with Gasteiger partial charge in [0.25, 0.3) is 5.91 Å². The summed E-state index contributed by atoms with van der Waals surface area (Å²) in [5.41, 5.74) is 3.70. The summed E-state index contributed by atoms with van der Waals surface area (Å²) in [5, 5.41) is 26.6. The molecule has 1 unspecified atom stereocenters. The van der Waals surface area contributed by atoms with Crippen LogP contribution in [0.5, 0.6) is 5.75 Å². The summed E-state index contributed by atoms with van der Waals surface area (Å²) in [6.45, 7) is 5.47. The molecule has 9 nitrogen and oxygen atoms in total. The highest BCUT2D eigenvalue weighted by atomic mass is 16.5. The predicted molar refractivity (Wildman–Crippen MR) is 124 cm³/mol.